The Hall–Kier alpha value is -2.33. The van der Waals surface area contributed by atoms with E-state index >= 15 is 0 Å². The number of fused-ring (bicyclic) bond motifs is 1. The molecular weight excluding hydrogens is 340 g/mol. The molecule has 0 spiro atoms. The lowest BCUT2D eigenvalue weighted by molar-refractivity contribution is -0.133. The molecule has 26 heavy (non-hydrogen) atoms. The third kappa shape index (κ3) is 2.78. The van der Waals surface area contributed by atoms with Gasteiger partial charge in [0, 0.05) is 12.6 Å². The second kappa shape index (κ2) is 6.76. The number of carbonyl (C=O) groups excluding carboxylic acids is 1. The van der Waals surface area contributed by atoms with Crippen molar-refractivity contribution in [2.45, 2.75) is 43.3 Å². The number of hydrogen-bond acceptors (Lipinski definition) is 8. The van der Waals surface area contributed by atoms with Crippen LogP contribution in [0.2, 0.25) is 0 Å². The first kappa shape index (κ1) is 17.1. The van der Waals surface area contributed by atoms with Gasteiger partial charge in [0.25, 0.3) is 0 Å². The predicted molar refractivity (Wildman–Crippen MR) is 88.2 cm³/mol. The normalized spacial score (nSPS) is 36.0. The lowest BCUT2D eigenvalue weighted by Crippen LogP contribution is -2.53. The van der Waals surface area contributed by atoms with Gasteiger partial charge in [0.2, 0.25) is 5.91 Å². The molecule has 3 aliphatic rings. The van der Waals surface area contributed by atoms with Crippen LogP contribution in [0.15, 0.2) is 52.8 Å². The highest BCUT2D eigenvalue weighted by Crippen LogP contribution is 2.33. The summed E-state index contributed by atoms with van der Waals surface area (Å²) >= 11 is 0. The van der Waals surface area contributed by atoms with Crippen LogP contribution in [-0.2, 0) is 16.1 Å². The topological polar surface area (TPSA) is 118 Å². The molecule has 1 aromatic rings. The number of nitrogens with zero attached hydrogens (tertiary/aromatic N) is 4. The van der Waals surface area contributed by atoms with Gasteiger partial charge in [-0.2, -0.15) is 0 Å². The lowest BCUT2D eigenvalue weighted by atomic mass is 10.1. The molecule has 138 valence electrons. The quantitative estimate of drug-likeness (QED) is 0.660. The van der Waals surface area contributed by atoms with Gasteiger partial charge in [-0.3, -0.25) is 4.79 Å². The van der Waals surface area contributed by atoms with Crippen LogP contribution in [0.3, 0.4) is 0 Å². The molecule has 1 saturated heterocycles. The highest BCUT2D eigenvalue weighted by Gasteiger charge is 2.51. The predicted octanol–water partition coefficient (Wildman–Crippen LogP) is -0.599. The molecule has 3 N–H and O–H groups in total. The number of rotatable bonds is 4. The van der Waals surface area contributed by atoms with Gasteiger partial charge in [0.05, 0.1) is 6.61 Å². The van der Waals surface area contributed by atoms with Crippen LogP contribution in [0.25, 0.3) is 0 Å². The van der Waals surface area contributed by atoms with E-state index in [0.29, 0.717) is 6.54 Å². The summed E-state index contributed by atoms with van der Waals surface area (Å²) in [6.07, 6.45) is -1.71. The molecule has 0 aliphatic carbocycles. The van der Waals surface area contributed by atoms with E-state index in [1.807, 2.05) is 30.3 Å². The van der Waals surface area contributed by atoms with Gasteiger partial charge in [-0.1, -0.05) is 41.6 Å². The first-order chi connectivity index (χ1) is 12.6. The number of aliphatic hydroxyl groups excluding tert-OH is 3. The minimum Gasteiger partial charge on any atom is -0.394 e. The number of ether oxygens (including phenoxy) is 1. The van der Waals surface area contributed by atoms with E-state index in [9.17, 15) is 20.1 Å². The van der Waals surface area contributed by atoms with Crippen molar-refractivity contribution in [2.75, 3.05) is 6.61 Å². The zero-order valence-electron chi connectivity index (χ0n) is 13.9. The van der Waals surface area contributed by atoms with Crippen LogP contribution in [0.4, 0.5) is 0 Å². The molecular formula is C17H20N4O5. The molecule has 1 amide bonds. The fraction of sp³-hybridized carbons (Fsp3) is 0.471. The van der Waals surface area contributed by atoms with E-state index in [2.05, 4.69) is 10.3 Å². The summed E-state index contributed by atoms with van der Waals surface area (Å²) in [7, 11) is 0. The largest absolute Gasteiger partial charge is 0.394 e. The fourth-order valence-corrected chi connectivity index (χ4v) is 3.49. The van der Waals surface area contributed by atoms with Gasteiger partial charge < -0.3 is 25.0 Å². The summed E-state index contributed by atoms with van der Waals surface area (Å²) in [6, 6.07) is 9.15. The lowest BCUT2D eigenvalue weighted by Gasteiger charge is -2.36. The van der Waals surface area contributed by atoms with E-state index in [0.717, 1.165) is 5.56 Å². The minimum absolute atomic E-state index is 0.169. The van der Waals surface area contributed by atoms with Crippen LogP contribution in [-0.4, -0.2) is 74.5 Å². The van der Waals surface area contributed by atoms with Crippen LogP contribution in [0, 0.1) is 0 Å². The van der Waals surface area contributed by atoms with E-state index in [1.165, 1.54) is 11.1 Å². The van der Waals surface area contributed by atoms with E-state index in [4.69, 9.17) is 4.74 Å². The fourth-order valence-electron chi connectivity index (χ4n) is 3.49. The Labute approximate surface area is 149 Å². The van der Waals surface area contributed by atoms with Crippen molar-refractivity contribution in [1.29, 1.82) is 0 Å². The second-order valence-corrected chi connectivity index (χ2v) is 6.53. The number of carbonyl (C=O) groups is 1. The Kier molecular flexibility index (Phi) is 4.45. The first-order valence-corrected chi connectivity index (χ1v) is 8.44. The minimum atomic E-state index is -1.24. The Morgan fingerprint density at radius 1 is 1.15 bits per heavy atom. The summed E-state index contributed by atoms with van der Waals surface area (Å²) in [6.45, 7) is -0.0315. The van der Waals surface area contributed by atoms with Crippen LogP contribution in [0.5, 0.6) is 0 Å². The Morgan fingerprint density at radius 2 is 1.92 bits per heavy atom. The van der Waals surface area contributed by atoms with E-state index in [-0.39, 0.29) is 5.91 Å². The van der Waals surface area contributed by atoms with Gasteiger partial charge in [-0.25, -0.2) is 5.01 Å². The molecule has 3 heterocycles. The van der Waals surface area contributed by atoms with Crippen LogP contribution < -0.4 is 0 Å². The van der Waals surface area contributed by atoms with Crippen molar-refractivity contribution >= 4 is 5.91 Å². The molecule has 3 aliphatic heterocycles. The standard InChI is InChI=1S/C17H20N4O5/c22-9-12-14(24)15(25)17(26-12)21-11-6-7-13(23)20(16(11)18-19-21)8-10-4-2-1-3-5-10/h1-7,11-12,14-17,22,24-25H,8-9H2/t11-,12-,14+,15-,16-,17-/m1/s1. The summed E-state index contributed by atoms with van der Waals surface area (Å²) in [5, 5.41) is 39.1. The number of benzene rings is 1. The molecule has 1 fully saturated rings. The van der Waals surface area contributed by atoms with Gasteiger partial charge in [-0.15, -0.1) is 5.11 Å². The highest BCUT2D eigenvalue weighted by atomic mass is 16.6. The molecule has 0 radical (unpaired) electrons. The van der Waals surface area contributed by atoms with Crippen molar-refractivity contribution in [3.63, 3.8) is 0 Å². The summed E-state index contributed by atoms with van der Waals surface area (Å²) in [5.74, 6) is -0.169. The Balaban J connectivity index is 1.54. The molecule has 4 rings (SSSR count). The van der Waals surface area contributed by atoms with E-state index in [1.54, 1.807) is 11.0 Å². The van der Waals surface area contributed by atoms with E-state index < -0.39 is 43.4 Å². The average molecular weight is 360 g/mol. The molecule has 0 saturated carbocycles. The number of amides is 1. The van der Waals surface area contributed by atoms with Crippen molar-refractivity contribution in [2.24, 2.45) is 10.3 Å². The van der Waals surface area contributed by atoms with Gasteiger partial charge >= 0.3 is 0 Å². The Morgan fingerprint density at radius 3 is 2.62 bits per heavy atom. The maximum absolute atomic E-state index is 12.3. The van der Waals surface area contributed by atoms with Crippen molar-refractivity contribution in [1.82, 2.24) is 9.91 Å². The number of hydrogen-bond donors (Lipinski definition) is 3. The third-order valence-corrected chi connectivity index (χ3v) is 4.90. The zero-order chi connectivity index (χ0) is 18.3. The molecule has 9 nitrogen and oxygen atoms in total. The number of aliphatic hydroxyl groups is 3. The SMILES string of the molecule is O=C1C=C[C@@H]2[C@H](N=NN2[C@@H]2O[C@H](CO)[C@H](O)[C@H]2O)N1Cc1ccccc1. The van der Waals surface area contributed by atoms with Crippen LogP contribution >= 0.6 is 0 Å². The van der Waals surface area contributed by atoms with Crippen LogP contribution in [0.1, 0.15) is 5.56 Å². The highest BCUT2D eigenvalue weighted by molar-refractivity contribution is 5.89. The molecule has 0 unspecified atom stereocenters. The first-order valence-electron chi connectivity index (χ1n) is 8.44. The zero-order valence-corrected chi connectivity index (χ0v) is 13.9. The molecule has 0 aromatic heterocycles. The van der Waals surface area contributed by atoms with Gasteiger partial charge in [0.1, 0.15) is 24.4 Å². The molecule has 6 atom stereocenters. The second-order valence-electron chi connectivity index (χ2n) is 6.53. The summed E-state index contributed by atoms with van der Waals surface area (Å²) in [5.41, 5.74) is 0.969. The van der Waals surface area contributed by atoms with Gasteiger partial charge in [-0.05, 0) is 5.56 Å². The summed E-state index contributed by atoms with van der Waals surface area (Å²) in [4.78, 5) is 14.0. The average Bonchev–Trinajstić information content (AvgIpc) is 3.20. The molecule has 0 bridgehead atoms. The third-order valence-electron chi connectivity index (χ3n) is 4.90. The van der Waals surface area contributed by atoms with Crippen molar-refractivity contribution in [3.05, 3.63) is 48.0 Å². The Bertz CT molecular complexity index is 727. The van der Waals surface area contributed by atoms with Gasteiger partial charge in [0.15, 0.2) is 12.4 Å². The monoisotopic (exact) mass is 360 g/mol. The summed E-state index contributed by atoms with van der Waals surface area (Å²) < 4.78 is 5.53. The van der Waals surface area contributed by atoms with Crippen molar-refractivity contribution < 1.29 is 24.9 Å². The van der Waals surface area contributed by atoms with Crippen molar-refractivity contribution in [3.8, 4) is 0 Å². The molecule has 9 heteroatoms. The maximum atomic E-state index is 12.3. The smallest absolute Gasteiger partial charge is 0.248 e. The maximum Gasteiger partial charge on any atom is 0.248 e. The molecule has 1 aromatic carbocycles.